The lowest BCUT2D eigenvalue weighted by molar-refractivity contribution is 1.50. The molecular formula is C12H10. The van der Waals surface area contributed by atoms with E-state index in [-0.39, 0.29) is 0 Å². The summed E-state index contributed by atoms with van der Waals surface area (Å²) in [6.07, 6.45) is 4.11. The van der Waals surface area contributed by atoms with Crippen LogP contribution in [0.4, 0.5) is 0 Å². The van der Waals surface area contributed by atoms with Crippen LogP contribution in [0.3, 0.4) is 0 Å². The van der Waals surface area contributed by atoms with Gasteiger partial charge in [-0.2, -0.15) is 0 Å². The van der Waals surface area contributed by atoms with E-state index in [1.54, 1.807) is 0 Å². The van der Waals surface area contributed by atoms with Crippen molar-refractivity contribution in [3.8, 4) is 0 Å². The van der Waals surface area contributed by atoms with Gasteiger partial charge in [0.05, 0.1) is 0 Å². The van der Waals surface area contributed by atoms with Gasteiger partial charge < -0.3 is 0 Å². The summed E-state index contributed by atoms with van der Waals surface area (Å²) < 4.78 is 0. The maximum absolute atomic E-state index is 3.90. The van der Waals surface area contributed by atoms with E-state index < -0.39 is 0 Å². The molecule has 0 nitrogen and oxygen atoms in total. The molecule has 0 radical (unpaired) electrons. The summed E-state index contributed by atoms with van der Waals surface area (Å²) in [4.78, 5) is 0. The molecular weight excluding hydrogens is 144 g/mol. The summed E-state index contributed by atoms with van der Waals surface area (Å²) in [5.41, 5.74) is 2.36. The Morgan fingerprint density at radius 3 is 1.92 bits per heavy atom. The third-order valence-corrected chi connectivity index (χ3v) is 2.06. The van der Waals surface area contributed by atoms with Crippen molar-refractivity contribution in [3.05, 3.63) is 59.0 Å². The molecule has 0 amide bonds. The van der Waals surface area contributed by atoms with Gasteiger partial charge in [-0.1, -0.05) is 49.6 Å². The average molecular weight is 154 g/mol. The van der Waals surface area contributed by atoms with Gasteiger partial charge in [0.1, 0.15) is 0 Å². The lowest BCUT2D eigenvalue weighted by Gasteiger charge is -2.10. The SMILES string of the molecule is C=C1C=CC1=c1ccc(=C)cc1. The van der Waals surface area contributed by atoms with Crippen molar-refractivity contribution in [1.29, 1.82) is 0 Å². The van der Waals surface area contributed by atoms with E-state index in [0.29, 0.717) is 0 Å². The smallest absolute Gasteiger partial charge is 0.0117 e. The number of benzene rings is 1. The van der Waals surface area contributed by atoms with Crippen molar-refractivity contribution in [1.82, 2.24) is 0 Å². The van der Waals surface area contributed by atoms with E-state index in [1.807, 2.05) is 18.2 Å². The van der Waals surface area contributed by atoms with Crippen LogP contribution in [0.1, 0.15) is 0 Å². The largest absolute Gasteiger partial charge is 0.0918 e. The lowest BCUT2D eigenvalue weighted by atomic mass is 9.95. The zero-order valence-electron chi connectivity index (χ0n) is 6.88. The Bertz CT molecular complexity index is 438. The van der Waals surface area contributed by atoms with E-state index in [4.69, 9.17) is 0 Å². The minimum absolute atomic E-state index is 1.05. The molecule has 0 atom stereocenters. The Balaban J connectivity index is 2.69. The second-order valence-corrected chi connectivity index (χ2v) is 2.97. The maximum atomic E-state index is 3.90. The van der Waals surface area contributed by atoms with Crippen molar-refractivity contribution in [2.24, 2.45) is 0 Å². The number of hydrogen-bond acceptors (Lipinski definition) is 0. The Kier molecular flexibility index (Phi) is 1.47. The van der Waals surface area contributed by atoms with Gasteiger partial charge in [-0.3, -0.25) is 0 Å². The van der Waals surface area contributed by atoms with Gasteiger partial charge in [-0.25, -0.2) is 0 Å². The zero-order chi connectivity index (χ0) is 8.55. The van der Waals surface area contributed by atoms with Crippen molar-refractivity contribution in [2.75, 3.05) is 0 Å². The summed E-state index contributed by atoms with van der Waals surface area (Å²) >= 11 is 0. The molecule has 0 N–H and O–H groups in total. The molecule has 0 saturated heterocycles. The Morgan fingerprint density at radius 2 is 1.50 bits per heavy atom. The number of rotatable bonds is 0. The van der Waals surface area contributed by atoms with Crippen LogP contribution in [0.5, 0.6) is 0 Å². The summed E-state index contributed by atoms with van der Waals surface area (Å²) in [7, 11) is 0. The van der Waals surface area contributed by atoms with Crippen LogP contribution in [0.2, 0.25) is 0 Å². The zero-order valence-corrected chi connectivity index (χ0v) is 6.88. The van der Waals surface area contributed by atoms with Gasteiger partial charge in [0.2, 0.25) is 0 Å². The third kappa shape index (κ3) is 1.02. The average Bonchev–Trinajstić information content (AvgIpc) is 2.06. The maximum Gasteiger partial charge on any atom is -0.0117 e. The Hall–Kier alpha value is -1.56. The molecule has 1 aliphatic carbocycles. The molecule has 12 heavy (non-hydrogen) atoms. The molecule has 0 aliphatic heterocycles. The second-order valence-electron chi connectivity index (χ2n) is 2.97. The minimum atomic E-state index is 1.05. The molecule has 0 saturated carbocycles. The fraction of sp³-hybridized carbons (Fsp3) is 0. The van der Waals surface area contributed by atoms with Crippen molar-refractivity contribution in [3.63, 3.8) is 0 Å². The molecule has 0 aromatic heterocycles. The highest BCUT2D eigenvalue weighted by Crippen LogP contribution is 2.20. The fourth-order valence-electron chi connectivity index (χ4n) is 1.25. The molecule has 0 heteroatoms. The van der Waals surface area contributed by atoms with Gasteiger partial charge in [0.15, 0.2) is 0 Å². The molecule has 0 fully saturated rings. The number of hydrogen-bond donors (Lipinski definition) is 0. The molecule has 2 rings (SSSR count). The minimum Gasteiger partial charge on any atom is -0.0918 e. The first-order valence-corrected chi connectivity index (χ1v) is 3.94. The summed E-state index contributed by atoms with van der Waals surface area (Å²) in [6.45, 7) is 7.74. The van der Waals surface area contributed by atoms with Crippen molar-refractivity contribution >= 4 is 12.2 Å². The van der Waals surface area contributed by atoms with E-state index in [0.717, 1.165) is 10.8 Å². The molecule has 0 unspecified atom stereocenters. The van der Waals surface area contributed by atoms with Gasteiger partial charge in [0.25, 0.3) is 0 Å². The van der Waals surface area contributed by atoms with Gasteiger partial charge in [-0.15, -0.1) is 0 Å². The highest BCUT2D eigenvalue weighted by Gasteiger charge is 2.04. The Morgan fingerprint density at radius 1 is 0.833 bits per heavy atom. The highest BCUT2D eigenvalue weighted by atomic mass is 14.1. The first kappa shape index (κ1) is 7.11. The van der Waals surface area contributed by atoms with E-state index in [9.17, 15) is 0 Å². The molecule has 1 aromatic carbocycles. The molecule has 0 heterocycles. The first-order valence-electron chi connectivity index (χ1n) is 3.94. The van der Waals surface area contributed by atoms with Gasteiger partial charge in [-0.05, 0) is 21.6 Å². The van der Waals surface area contributed by atoms with Crippen LogP contribution in [0.25, 0.3) is 12.2 Å². The molecule has 1 aromatic rings. The van der Waals surface area contributed by atoms with Gasteiger partial charge in [0, 0.05) is 0 Å². The second kappa shape index (κ2) is 2.49. The topological polar surface area (TPSA) is 0 Å². The predicted octanol–water partition coefficient (Wildman–Crippen LogP) is 1.37. The molecule has 0 bridgehead atoms. The van der Waals surface area contributed by atoms with Gasteiger partial charge >= 0.3 is 0 Å². The van der Waals surface area contributed by atoms with Crippen LogP contribution in [-0.2, 0) is 0 Å². The standard InChI is InChI=1S/C12H10/c1-9-3-6-11(7-4-9)12-8-5-10(12)2/h3-8H,1-2H2. The predicted molar refractivity (Wildman–Crippen MR) is 52.9 cm³/mol. The monoisotopic (exact) mass is 154 g/mol. The van der Waals surface area contributed by atoms with Crippen LogP contribution in [0, 0.1) is 0 Å². The Labute approximate surface area is 71.9 Å². The molecule has 0 spiro atoms. The van der Waals surface area contributed by atoms with Crippen LogP contribution < -0.4 is 10.4 Å². The summed E-state index contributed by atoms with van der Waals surface area (Å²) in [5, 5.41) is 2.28. The molecule has 1 aliphatic rings. The first-order chi connectivity index (χ1) is 5.77. The lowest BCUT2D eigenvalue weighted by Crippen LogP contribution is -2.11. The van der Waals surface area contributed by atoms with Crippen molar-refractivity contribution in [2.45, 2.75) is 0 Å². The summed E-state index contributed by atoms with van der Waals surface area (Å²) in [5.74, 6) is 0. The van der Waals surface area contributed by atoms with Crippen LogP contribution in [0.15, 0.2) is 48.6 Å². The quantitative estimate of drug-likeness (QED) is 0.529. The highest BCUT2D eigenvalue weighted by molar-refractivity contribution is 5.83. The summed E-state index contributed by atoms with van der Waals surface area (Å²) in [6, 6.07) is 8.18. The van der Waals surface area contributed by atoms with Crippen molar-refractivity contribution < 1.29 is 0 Å². The number of allylic oxidation sites excluding steroid dienone is 3. The third-order valence-electron chi connectivity index (χ3n) is 2.06. The van der Waals surface area contributed by atoms with Crippen LogP contribution >= 0.6 is 0 Å². The van der Waals surface area contributed by atoms with E-state index in [2.05, 4.69) is 31.4 Å². The van der Waals surface area contributed by atoms with Crippen LogP contribution in [-0.4, -0.2) is 0 Å². The fourth-order valence-corrected chi connectivity index (χ4v) is 1.25. The normalized spacial score (nSPS) is 14.7. The van der Waals surface area contributed by atoms with E-state index in [1.165, 1.54) is 10.8 Å². The van der Waals surface area contributed by atoms with E-state index >= 15 is 0 Å². The molecule has 58 valence electrons.